The van der Waals surface area contributed by atoms with Crippen LogP contribution in [-0.2, 0) is 4.79 Å². The van der Waals surface area contributed by atoms with Crippen molar-refractivity contribution in [1.29, 1.82) is 0 Å². The summed E-state index contributed by atoms with van der Waals surface area (Å²) in [6.07, 6.45) is 0.480. The fraction of sp³-hybridized carbons (Fsp3) is 0.417. The third-order valence-corrected chi connectivity index (χ3v) is 2.76. The SMILES string of the molecule is CCCNC(=O)C(C)Oc1ccc(I)cc1. The average molecular weight is 333 g/mol. The maximum Gasteiger partial charge on any atom is 0.260 e. The zero-order valence-corrected chi connectivity index (χ0v) is 11.7. The summed E-state index contributed by atoms with van der Waals surface area (Å²) in [7, 11) is 0. The van der Waals surface area contributed by atoms with Gasteiger partial charge in [0.15, 0.2) is 6.10 Å². The van der Waals surface area contributed by atoms with Gasteiger partial charge in [0, 0.05) is 10.1 Å². The molecule has 0 saturated carbocycles. The molecular weight excluding hydrogens is 317 g/mol. The molecule has 0 aliphatic carbocycles. The van der Waals surface area contributed by atoms with E-state index in [0.717, 1.165) is 15.7 Å². The van der Waals surface area contributed by atoms with Crippen molar-refractivity contribution < 1.29 is 9.53 Å². The van der Waals surface area contributed by atoms with E-state index >= 15 is 0 Å². The van der Waals surface area contributed by atoms with Gasteiger partial charge < -0.3 is 10.1 Å². The summed E-state index contributed by atoms with van der Waals surface area (Å²) in [6.45, 7) is 4.47. The number of carbonyl (C=O) groups excluding carboxylic acids is 1. The Hall–Kier alpha value is -0.780. The second kappa shape index (κ2) is 6.73. The number of hydrogen-bond acceptors (Lipinski definition) is 2. The highest BCUT2D eigenvalue weighted by atomic mass is 127. The van der Waals surface area contributed by atoms with E-state index in [2.05, 4.69) is 27.9 Å². The van der Waals surface area contributed by atoms with Gasteiger partial charge in [-0.05, 0) is 60.2 Å². The van der Waals surface area contributed by atoms with Gasteiger partial charge in [-0.15, -0.1) is 0 Å². The molecule has 0 spiro atoms. The second-order valence-electron chi connectivity index (χ2n) is 3.51. The molecule has 0 radical (unpaired) electrons. The molecule has 1 atom stereocenters. The maximum absolute atomic E-state index is 11.5. The topological polar surface area (TPSA) is 38.3 Å². The molecular formula is C12H16INO2. The summed E-state index contributed by atoms with van der Waals surface area (Å²) in [4.78, 5) is 11.5. The van der Waals surface area contributed by atoms with Crippen LogP contribution in [0.1, 0.15) is 20.3 Å². The van der Waals surface area contributed by atoms with Crippen molar-refractivity contribution in [3.05, 3.63) is 27.8 Å². The van der Waals surface area contributed by atoms with Gasteiger partial charge in [-0.25, -0.2) is 0 Å². The minimum Gasteiger partial charge on any atom is -0.481 e. The molecule has 1 rings (SSSR count). The van der Waals surface area contributed by atoms with E-state index in [1.54, 1.807) is 6.92 Å². The van der Waals surface area contributed by atoms with Crippen molar-refractivity contribution in [2.24, 2.45) is 0 Å². The maximum atomic E-state index is 11.5. The van der Waals surface area contributed by atoms with Crippen LogP contribution in [0.5, 0.6) is 5.75 Å². The van der Waals surface area contributed by atoms with Crippen molar-refractivity contribution >= 4 is 28.5 Å². The third kappa shape index (κ3) is 4.38. The van der Waals surface area contributed by atoms with E-state index in [9.17, 15) is 4.79 Å². The lowest BCUT2D eigenvalue weighted by molar-refractivity contribution is -0.127. The first-order valence-corrected chi connectivity index (χ1v) is 6.41. The molecule has 0 saturated heterocycles. The summed E-state index contributed by atoms with van der Waals surface area (Å²) in [5.41, 5.74) is 0. The van der Waals surface area contributed by atoms with Crippen molar-refractivity contribution in [2.45, 2.75) is 26.4 Å². The van der Waals surface area contributed by atoms with E-state index in [4.69, 9.17) is 4.74 Å². The molecule has 1 aromatic rings. The van der Waals surface area contributed by atoms with Crippen molar-refractivity contribution in [3.8, 4) is 5.75 Å². The zero-order valence-electron chi connectivity index (χ0n) is 9.50. The van der Waals surface area contributed by atoms with E-state index in [0.29, 0.717) is 6.54 Å². The Morgan fingerprint density at radius 1 is 1.44 bits per heavy atom. The molecule has 3 nitrogen and oxygen atoms in total. The number of hydrogen-bond donors (Lipinski definition) is 1. The standard InChI is InChI=1S/C12H16INO2/c1-3-8-14-12(15)9(2)16-11-6-4-10(13)5-7-11/h4-7,9H,3,8H2,1-2H3,(H,14,15). The number of halogens is 1. The summed E-state index contributed by atoms with van der Waals surface area (Å²) in [6, 6.07) is 7.63. The molecule has 0 fully saturated rings. The van der Waals surface area contributed by atoms with Crippen LogP contribution in [-0.4, -0.2) is 18.6 Å². The minimum absolute atomic E-state index is 0.0691. The smallest absolute Gasteiger partial charge is 0.260 e. The molecule has 0 aliphatic rings. The van der Waals surface area contributed by atoms with Crippen LogP contribution < -0.4 is 10.1 Å². The summed E-state index contributed by atoms with van der Waals surface area (Å²) in [5, 5.41) is 2.80. The van der Waals surface area contributed by atoms with Gasteiger partial charge in [0.25, 0.3) is 5.91 Å². The Morgan fingerprint density at radius 3 is 2.62 bits per heavy atom. The first-order valence-electron chi connectivity index (χ1n) is 5.33. The lowest BCUT2D eigenvalue weighted by atomic mass is 10.3. The van der Waals surface area contributed by atoms with Gasteiger partial charge in [0.05, 0.1) is 0 Å². The molecule has 16 heavy (non-hydrogen) atoms. The van der Waals surface area contributed by atoms with Crippen LogP contribution in [0.2, 0.25) is 0 Å². The van der Waals surface area contributed by atoms with Crippen molar-refractivity contribution in [2.75, 3.05) is 6.54 Å². The predicted molar refractivity (Wildman–Crippen MR) is 72.5 cm³/mol. The van der Waals surface area contributed by atoms with Gasteiger partial charge in [-0.2, -0.15) is 0 Å². The molecule has 0 aliphatic heterocycles. The lowest BCUT2D eigenvalue weighted by Gasteiger charge is -2.14. The number of rotatable bonds is 5. The van der Waals surface area contributed by atoms with Crippen molar-refractivity contribution in [1.82, 2.24) is 5.32 Å². The van der Waals surface area contributed by atoms with Gasteiger partial charge in [0.2, 0.25) is 0 Å². The Kier molecular flexibility index (Phi) is 5.59. The normalized spacial score (nSPS) is 11.9. The van der Waals surface area contributed by atoms with E-state index in [1.165, 1.54) is 0 Å². The zero-order chi connectivity index (χ0) is 12.0. The number of ether oxygens (including phenoxy) is 1. The quantitative estimate of drug-likeness (QED) is 0.841. The number of carbonyl (C=O) groups is 1. The molecule has 0 aromatic heterocycles. The molecule has 1 aromatic carbocycles. The van der Waals surface area contributed by atoms with Crippen molar-refractivity contribution in [3.63, 3.8) is 0 Å². The first-order chi connectivity index (χ1) is 7.63. The highest BCUT2D eigenvalue weighted by molar-refractivity contribution is 14.1. The molecule has 0 bridgehead atoms. The van der Waals surface area contributed by atoms with E-state index in [1.807, 2.05) is 31.2 Å². The summed E-state index contributed by atoms with van der Waals surface area (Å²) >= 11 is 2.23. The van der Waals surface area contributed by atoms with Gasteiger partial charge in [-0.3, -0.25) is 4.79 Å². The molecule has 0 heterocycles. The lowest BCUT2D eigenvalue weighted by Crippen LogP contribution is -2.36. The van der Waals surface area contributed by atoms with Gasteiger partial charge in [-0.1, -0.05) is 6.92 Å². The number of nitrogens with one attached hydrogen (secondary N) is 1. The van der Waals surface area contributed by atoms with Gasteiger partial charge in [0.1, 0.15) is 5.75 Å². The highest BCUT2D eigenvalue weighted by Crippen LogP contribution is 2.14. The largest absolute Gasteiger partial charge is 0.481 e. The minimum atomic E-state index is -0.452. The average Bonchev–Trinajstić information content (AvgIpc) is 2.29. The number of amides is 1. The fourth-order valence-corrected chi connectivity index (χ4v) is 1.52. The third-order valence-electron chi connectivity index (χ3n) is 2.04. The number of benzene rings is 1. The monoisotopic (exact) mass is 333 g/mol. The Bertz CT molecular complexity index is 337. The van der Waals surface area contributed by atoms with E-state index in [-0.39, 0.29) is 5.91 Å². The van der Waals surface area contributed by atoms with Crippen LogP contribution in [0.3, 0.4) is 0 Å². The molecule has 1 N–H and O–H groups in total. The summed E-state index contributed by atoms with van der Waals surface area (Å²) in [5.74, 6) is 0.653. The highest BCUT2D eigenvalue weighted by Gasteiger charge is 2.13. The molecule has 88 valence electrons. The Morgan fingerprint density at radius 2 is 2.06 bits per heavy atom. The Balaban J connectivity index is 2.47. The van der Waals surface area contributed by atoms with Crippen LogP contribution in [0.4, 0.5) is 0 Å². The van der Waals surface area contributed by atoms with Crippen LogP contribution in [0.25, 0.3) is 0 Å². The van der Waals surface area contributed by atoms with E-state index < -0.39 is 6.10 Å². The van der Waals surface area contributed by atoms with Crippen LogP contribution >= 0.6 is 22.6 Å². The molecule has 4 heteroatoms. The summed E-state index contributed by atoms with van der Waals surface area (Å²) < 4.78 is 6.66. The van der Waals surface area contributed by atoms with Crippen LogP contribution in [0, 0.1) is 3.57 Å². The first kappa shape index (κ1) is 13.3. The predicted octanol–water partition coefficient (Wildman–Crippen LogP) is 2.58. The second-order valence-corrected chi connectivity index (χ2v) is 4.75. The van der Waals surface area contributed by atoms with Crippen LogP contribution in [0.15, 0.2) is 24.3 Å². The molecule has 1 unspecified atom stereocenters. The Labute approximate surface area is 110 Å². The van der Waals surface area contributed by atoms with Gasteiger partial charge >= 0.3 is 0 Å². The molecule has 1 amide bonds. The fourth-order valence-electron chi connectivity index (χ4n) is 1.16.